The molecule has 1 N–H and O–H groups in total. The van der Waals surface area contributed by atoms with E-state index in [9.17, 15) is 8.78 Å². The average Bonchev–Trinajstić information content (AvgIpc) is 2.60. The Morgan fingerprint density at radius 1 is 1.38 bits per heavy atom. The molecule has 0 aliphatic carbocycles. The molecule has 0 radical (unpaired) electrons. The predicted molar refractivity (Wildman–Crippen MR) is 93.4 cm³/mol. The van der Waals surface area contributed by atoms with Crippen molar-refractivity contribution in [2.24, 2.45) is 0 Å². The summed E-state index contributed by atoms with van der Waals surface area (Å²) in [5.41, 5.74) is -0.175. The second-order valence-electron chi connectivity index (χ2n) is 5.72. The number of hydrogen-bond donors (Lipinski definition) is 1. The maximum absolute atomic E-state index is 13.0. The molecule has 0 bridgehead atoms. The third-order valence-corrected chi connectivity index (χ3v) is 4.30. The van der Waals surface area contributed by atoms with Gasteiger partial charge in [-0.3, -0.25) is 5.01 Å². The Bertz CT molecular complexity index is 568. The molecule has 24 heavy (non-hydrogen) atoms. The molecule has 1 saturated heterocycles. The first-order chi connectivity index (χ1) is 11.5. The van der Waals surface area contributed by atoms with Crippen LogP contribution >= 0.6 is 0 Å². The highest BCUT2D eigenvalue weighted by Crippen LogP contribution is 2.33. The van der Waals surface area contributed by atoms with Crippen LogP contribution in [-0.4, -0.2) is 33.8 Å². The summed E-state index contributed by atoms with van der Waals surface area (Å²) in [6, 6.07) is 2.69. The number of rotatable bonds is 7. The highest BCUT2D eigenvalue weighted by Gasteiger charge is 2.37. The van der Waals surface area contributed by atoms with E-state index in [1.54, 1.807) is 17.2 Å². The van der Waals surface area contributed by atoms with E-state index in [0.29, 0.717) is 6.54 Å². The minimum atomic E-state index is -0.889. The molecule has 1 fully saturated rings. The van der Waals surface area contributed by atoms with Crippen LogP contribution in [0.4, 0.5) is 8.78 Å². The minimum Gasteiger partial charge on any atom is -0.461 e. The van der Waals surface area contributed by atoms with Crippen molar-refractivity contribution < 1.29 is 13.9 Å². The van der Waals surface area contributed by atoms with Crippen LogP contribution < -0.4 is 0 Å². The van der Waals surface area contributed by atoms with E-state index >= 15 is 0 Å². The second kappa shape index (κ2) is 9.94. The average molecular weight is 336 g/mol. The van der Waals surface area contributed by atoms with Gasteiger partial charge in [0.05, 0.1) is 18.1 Å². The third kappa shape index (κ3) is 5.24. The fourth-order valence-corrected chi connectivity index (χ4v) is 2.87. The van der Waals surface area contributed by atoms with Gasteiger partial charge in [0.15, 0.2) is 5.83 Å². The first-order valence-corrected chi connectivity index (χ1v) is 8.19. The predicted octanol–water partition coefficient (Wildman–Crippen LogP) is 4.60. The first-order valence-electron chi connectivity index (χ1n) is 8.19. The standard InChI is InChI=1S/C19H26F2N2O/c1-4-19(5-2)12-8-10-14-23(19)22(15-16-24)13-9-6-7-11-18(21)17(3)20/h4,6-7,9,11,24H,1,5,8,10,12-14H2,2-3H3/b9-6+,11-7-,18-17-. The Hall–Kier alpha value is -2.06. The van der Waals surface area contributed by atoms with Gasteiger partial charge in [0, 0.05) is 6.54 Å². The van der Waals surface area contributed by atoms with Gasteiger partial charge < -0.3 is 5.11 Å². The Morgan fingerprint density at radius 3 is 2.71 bits per heavy atom. The highest BCUT2D eigenvalue weighted by atomic mass is 19.2. The van der Waals surface area contributed by atoms with Crippen molar-refractivity contribution in [3.8, 4) is 12.2 Å². The number of allylic oxidation sites excluding steroid dienone is 5. The molecule has 1 rings (SSSR count). The zero-order valence-corrected chi connectivity index (χ0v) is 14.4. The number of hydrogen-bond acceptors (Lipinski definition) is 3. The normalized spacial score (nSPS) is 23.0. The van der Waals surface area contributed by atoms with Crippen molar-refractivity contribution in [2.75, 3.05) is 13.1 Å². The molecule has 1 unspecified atom stereocenters. The van der Waals surface area contributed by atoms with E-state index in [1.165, 1.54) is 6.08 Å². The smallest absolute Gasteiger partial charge is 0.154 e. The van der Waals surface area contributed by atoms with Crippen molar-refractivity contribution in [3.05, 3.63) is 48.6 Å². The van der Waals surface area contributed by atoms with Crippen LogP contribution in [0.1, 0.15) is 39.5 Å². The summed E-state index contributed by atoms with van der Waals surface area (Å²) in [5, 5.41) is 12.9. The molecule has 1 heterocycles. The van der Waals surface area contributed by atoms with Gasteiger partial charge >= 0.3 is 0 Å². The molecule has 1 aliphatic rings. The number of aliphatic hydroxyl groups excluding tert-OH is 1. The molecule has 1 atom stereocenters. The lowest BCUT2D eigenvalue weighted by molar-refractivity contribution is -0.0667. The van der Waals surface area contributed by atoms with Gasteiger partial charge in [-0.2, -0.15) is 0 Å². The molecular weight excluding hydrogens is 310 g/mol. The van der Waals surface area contributed by atoms with Crippen LogP contribution in [0, 0.1) is 12.2 Å². The van der Waals surface area contributed by atoms with Gasteiger partial charge in [-0.1, -0.05) is 31.2 Å². The molecule has 132 valence electrons. The summed E-state index contributed by atoms with van der Waals surface area (Å²) in [4.78, 5) is 0. The Balaban J connectivity index is 2.84. The summed E-state index contributed by atoms with van der Waals surface area (Å²) in [6.07, 6.45) is 13.9. The van der Waals surface area contributed by atoms with Crippen LogP contribution in [0.3, 0.4) is 0 Å². The monoisotopic (exact) mass is 336 g/mol. The molecule has 0 saturated carbocycles. The number of piperidine rings is 1. The summed E-state index contributed by atoms with van der Waals surface area (Å²) in [7, 11) is 0. The minimum absolute atomic E-state index is 0.175. The molecule has 0 spiro atoms. The number of nitrogens with zero attached hydrogens (tertiary/aromatic N) is 2. The van der Waals surface area contributed by atoms with Crippen molar-refractivity contribution in [2.45, 2.75) is 45.1 Å². The van der Waals surface area contributed by atoms with Gasteiger partial charge in [0.1, 0.15) is 11.9 Å². The third-order valence-electron chi connectivity index (χ3n) is 4.30. The van der Waals surface area contributed by atoms with Gasteiger partial charge in [-0.15, -0.1) is 6.58 Å². The van der Waals surface area contributed by atoms with Crippen LogP contribution in [0.25, 0.3) is 0 Å². The topological polar surface area (TPSA) is 26.7 Å². The summed E-state index contributed by atoms with van der Waals surface area (Å²) < 4.78 is 25.6. The lowest BCUT2D eigenvalue weighted by atomic mass is 9.85. The van der Waals surface area contributed by atoms with E-state index in [0.717, 1.165) is 45.2 Å². The zero-order valence-electron chi connectivity index (χ0n) is 14.4. The van der Waals surface area contributed by atoms with Gasteiger partial charge in [-0.05, 0) is 38.7 Å². The van der Waals surface area contributed by atoms with Crippen molar-refractivity contribution in [1.82, 2.24) is 10.0 Å². The molecular formula is C19H26F2N2O. The maximum Gasteiger partial charge on any atom is 0.154 e. The summed E-state index contributed by atoms with van der Waals surface area (Å²) in [6.45, 7) is 8.41. The molecule has 0 aromatic rings. The molecule has 0 amide bonds. The van der Waals surface area contributed by atoms with Crippen LogP contribution in [0.15, 0.2) is 48.6 Å². The van der Waals surface area contributed by atoms with Gasteiger partial charge in [-0.25, -0.2) is 13.8 Å². The van der Waals surface area contributed by atoms with Crippen molar-refractivity contribution in [1.29, 1.82) is 0 Å². The van der Waals surface area contributed by atoms with Crippen molar-refractivity contribution >= 4 is 0 Å². The number of halogens is 2. The summed E-state index contributed by atoms with van der Waals surface area (Å²) in [5.74, 6) is -1.74. The van der Waals surface area contributed by atoms with Gasteiger partial charge in [0.2, 0.25) is 0 Å². The Kier molecular flexibility index (Phi) is 8.28. The highest BCUT2D eigenvalue weighted by molar-refractivity contribution is 5.18. The lowest BCUT2D eigenvalue weighted by Gasteiger charge is -2.48. The first kappa shape index (κ1) is 20.0. The number of aliphatic hydroxyl groups is 1. The van der Waals surface area contributed by atoms with Crippen LogP contribution in [0.5, 0.6) is 0 Å². The summed E-state index contributed by atoms with van der Waals surface area (Å²) >= 11 is 0. The SMILES string of the molecule is C=CC1(CC)CCCCN1N(C#CO)C/C=C/C=C\C(F)=C(/C)F. The van der Waals surface area contributed by atoms with Crippen molar-refractivity contribution in [3.63, 3.8) is 0 Å². The molecule has 3 nitrogen and oxygen atoms in total. The largest absolute Gasteiger partial charge is 0.461 e. The number of hydrazine groups is 1. The van der Waals surface area contributed by atoms with Crippen LogP contribution in [-0.2, 0) is 0 Å². The van der Waals surface area contributed by atoms with E-state index in [-0.39, 0.29) is 5.54 Å². The fraction of sp³-hybridized carbons (Fsp3) is 0.474. The van der Waals surface area contributed by atoms with Crippen LogP contribution in [0.2, 0.25) is 0 Å². The molecule has 0 aromatic heterocycles. The second-order valence-corrected chi connectivity index (χ2v) is 5.72. The van der Waals surface area contributed by atoms with E-state index < -0.39 is 11.7 Å². The van der Waals surface area contributed by atoms with E-state index in [4.69, 9.17) is 5.11 Å². The van der Waals surface area contributed by atoms with Gasteiger partial charge in [0.25, 0.3) is 0 Å². The quantitative estimate of drug-likeness (QED) is 0.319. The maximum atomic E-state index is 13.0. The van der Waals surface area contributed by atoms with E-state index in [1.807, 2.05) is 12.2 Å². The Labute approximate surface area is 143 Å². The molecule has 5 heteroatoms. The fourth-order valence-electron chi connectivity index (χ4n) is 2.87. The zero-order chi connectivity index (χ0) is 18.0. The Morgan fingerprint density at radius 2 is 2.12 bits per heavy atom. The lowest BCUT2D eigenvalue weighted by Crippen LogP contribution is -2.57. The molecule has 0 aromatic carbocycles. The molecule has 1 aliphatic heterocycles. The van der Waals surface area contributed by atoms with E-state index in [2.05, 4.69) is 24.6 Å².